The molecule has 122 valence electrons. The third-order valence-electron chi connectivity index (χ3n) is 3.82. The number of nitrogens with zero attached hydrogens (tertiary/aromatic N) is 1. The van der Waals surface area contributed by atoms with E-state index in [1.807, 2.05) is 68.7 Å². The largest absolute Gasteiger partial charge is 0.497 e. The Balaban J connectivity index is 1.95. The number of methoxy groups -OCH3 is 1. The predicted octanol–water partition coefficient (Wildman–Crippen LogP) is 2.66. The fraction of sp³-hybridized carbons (Fsp3) is 0.316. The van der Waals surface area contributed by atoms with Gasteiger partial charge >= 0.3 is 0 Å². The van der Waals surface area contributed by atoms with Crippen LogP contribution in [0.1, 0.15) is 17.2 Å². The van der Waals surface area contributed by atoms with Crippen molar-refractivity contribution in [1.82, 2.24) is 10.2 Å². The molecular formula is C19H24N2O2. The third-order valence-corrected chi connectivity index (χ3v) is 3.82. The topological polar surface area (TPSA) is 41.6 Å². The lowest BCUT2D eigenvalue weighted by atomic mass is 10.1. The Morgan fingerprint density at radius 2 is 1.74 bits per heavy atom. The van der Waals surface area contributed by atoms with Crippen LogP contribution in [-0.4, -0.2) is 38.6 Å². The van der Waals surface area contributed by atoms with Gasteiger partial charge in [0, 0.05) is 6.54 Å². The van der Waals surface area contributed by atoms with Crippen LogP contribution < -0.4 is 10.1 Å². The van der Waals surface area contributed by atoms with E-state index in [-0.39, 0.29) is 11.9 Å². The second-order valence-corrected chi connectivity index (χ2v) is 5.72. The van der Waals surface area contributed by atoms with E-state index in [4.69, 9.17) is 4.74 Å². The van der Waals surface area contributed by atoms with E-state index in [2.05, 4.69) is 10.2 Å². The van der Waals surface area contributed by atoms with E-state index in [1.165, 1.54) is 0 Å². The highest BCUT2D eigenvalue weighted by Gasteiger charge is 2.15. The van der Waals surface area contributed by atoms with Gasteiger partial charge < -0.3 is 15.0 Å². The first-order valence-electron chi connectivity index (χ1n) is 7.71. The van der Waals surface area contributed by atoms with E-state index >= 15 is 0 Å². The van der Waals surface area contributed by atoms with Crippen molar-refractivity contribution >= 4 is 5.91 Å². The molecule has 23 heavy (non-hydrogen) atoms. The standard InChI is InChI=1S/C19H24N2O2/c1-21(2)18(16-9-11-17(23-3)12-10-16)14-20-19(22)13-15-7-5-4-6-8-15/h4-12,18H,13-14H2,1-3H3,(H,20,22). The summed E-state index contributed by atoms with van der Waals surface area (Å²) in [5.74, 6) is 0.871. The van der Waals surface area contributed by atoms with Crippen molar-refractivity contribution < 1.29 is 9.53 Å². The van der Waals surface area contributed by atoms with Crippen molar-refractivity contribution in [3.63, 3.8) is 0 Å². The van der Waals surface area contributed by atoms with Crippen molar-refractivity contribution in [2.75, 3.05) is 27.7 Å². The molecule has 0 saturated heterocycles. The molecule has 0 saturated carbocycles. The molecule has 0 aliphatic carbocycles. The molecule has 2 rings (SSSR count). The van der Waals surface area contributed by atoms with Gasteiger partial charge in [0.25, 0.3) is 0 Å². The summed E-state index contributed by atoms with van der Waals surface area (Å²) >= 11 is 0. The van der Waals surface area contributed by atoms with Gasteiger partial charge in [0.05, 0.1) is 19.6 Å². The molecule has 0 bridgehead atoms. The van der Waals surface area contributed by atoms with Gasteiger partial charge in [-0.15, -0.1) is 0 Å². The molecule has 0 heterocycles. The first-order valence-corrected chi connectivity index (χ1v) is 7.71. The van der Waals surface area contributed by atoms with Crippen molar-refractivity contribution in [3.8, 4) is 5.75 Å². The average Bonchev–Trinajstić information content (AvgIpc) is 2.56. The molecule has 4 nitrogen and oxygen atoms in total. The maximum atomic E-state index is 12.1. The zero-order valence-corrected chi connectivity index (χ0v) is 14.0. The van der Waals surface area contributed by atoms with Crippen LogP contribution in [0.5, 0.6) is 5.75 Å². The Hall–Kier alpha value is -2.33. The number of carbonyl (C=O) groups is 1. The highest BCUT2D eigenvalue weighted by atomic mass is 16.5. The number of carbonyl (C=O) groups excluding carboxylic acids is 1. The third kappa shape index (κ3) is 5.11. The first kappa shape index (κ1) is 17.0. The summed E-state index contributed by atoms with van der Waals surface area (Å²) in [6, 6.07) is 17.9. The second kappa shape index (κ2) is 8.34. The van der Waals surface area contributed by atoms with E-state index in [9.17, 15) is 4.79 Å². The van der Waals surface area contributed by atoms with Gasteiger partial charge in [-0.1, -0.05) is 42.5 Å². The Labute approximate surface area is 138 Å². The fourth-order valence-corrected chi connectivity index (χ4v) is 2.48. The Kier molecular flexibility index (Phi) is 6.18. The van der Waals surface area contributed by atoms with Gasteiger partial charge in [-0.25, -0.2) is 0 Å². The van der Waals surface area contributed by atoms with Gasteiger partial charge in [-0.3, -0.25) is 4.79 Å². The second-order valence-electron chi connectivity index (χ2n) is 5.72. The molecule has 2 aromatic carbocycles. The Bertz CT molecular complexity index is 609. The quantitative estimate of drug-likeness (QED) is 0.854. The predicted molar refractivity (Wildman–Crippen MR) is 92.6 cm³/mol. The molecule has 1 unspecified atom stereocenters. The van der Waals surface area contributed by atoms with Crippen molar-refractivity contribution in [2.45, 2.75) is 12.5 Å². The van der Waals surface area contributed by atoms with Crippen LogP contribution in [0.3, 0.4) is 0 Å². The molecule has 1 amide bonds. The lowest BCUT2D eigenvalue weighted by Gasteiger charge is -2.25. The summed E-state index contributed by atoms with van der Waals surface area (Å²) in [7, 11) is 5.68. The molecule has 0 radical (unpaired) electrons. The van der Waals surface area contributed by atoms with Crippen molar-refractivity contribution in [3.05, 3.63) is 65.7 Å². The minimum absolute atomic E-state index is 0.0385. The number of likely N-dealkylation sites (N-methyl/N-ethyl adjacent to an activating group) is 1. The van der Waals surface area contributed by atoms with Crippen LogP contribution >= 0.6 is 0 Å². The Morgan fingerprint density at radius 3 is 2.30 bits per heavy atom. The highest BCUT2D eigenvalue weighted by Crippen LogP contribution is 2.20. The van der Waals surface area contributed by atoms with Crippen LogP contribution in [-0.2, 0) is 11.2 Å². The molecular weight excluding hydrogens is 288 g/mol. The molecule has 0 aliphatic rings. The summed E-state index contributed by atoms with van der Waals surface area (Å²) < 4.78 is 5.19. The van der Waals surface area contributed by atoms with E-state index in [0.29, 0.717) is 13.0 Å². The summed E-state index contributed by atoms with van der Waals surface area (Å²) in [6.45, 7) is 0.574. The maximum Gasteiger partial charge on any atom is 0.224 e. The molecule has 1 N–H and O–H groups in total. The summed E-state index contributed by atoms with van der Waals surface area (Å²) in [5.41, 5.74) is 2.17. The fourth-order valence-electron chi connectivity index (χ4n) is 2.48. The number of hydrogen-bond donors (Lipinski definition) is 1. The monoisotopic (exact) mass is 312 g/mol. The molecule has 0 aliphatic heterocycles. The number of benzene rings is 2. The summed E-state index contributed by atoms with van der Waals surface area (Å²) in [6.07, 6.45) is 0.406. The minimum Gasteiger partial charge on any atom is -0.497 e. The molecule has 0 spiro atoms. The number of amides is 1. The van der Waals surface area contributed by atoms with E-state index in [0.717, 1.165) is 16.9 Å². The van der Waals surface area contributed by atoms with Crippen LogP contribution in [0.2, 0.25) is 0 Å². The summed E-state index contributed by atoms with van der Waals surface area (Å²) in [5, 5.41) is 3.03. The molecule has 0 fully saturated rings. The minimum atomic E-state index is 0.0385. The Morgan fingerprint density at radius 1 is 1.09 bits per heavy atom. The number of ether oxygens (including phenoxy) is 1. The van der Waals surface area contributed by atoms with Gasteiger partial charge in [0.15, 0.2) is 0 Å². The molecule has 0 aromatic heterocycles. The summed E-state index contributed by atoms with van der Waals surface area (Å²) in [4.78, 5) is 14.2. The van der Waals surface area contributed by atoms with Gasteiger partial charge in [0.2, 0.25) is 5.91 Å². The number of hydrogen-bond acceptors (Lipinski definition) is 3. The zero-order valence-electron chi connectivity index (χ0n) is 14.0. The number of nitrogens with one attached hydrogen (secondary N) is 1. The average molecular weight is 312 g/mol. The van der Waals surface area contributed by atoms with Crippen LogP contribution in [0.4, 0.5) is 0 Å². The lowest BCUT2D eigenvalue weighted by molar-refractivity contribution is -0.120. The normalized spacial score (nSPS) is 12.0. The van der Waals surface area contributed by atoms with E-state index in [1.54, 1.807) is 7.11 Å². The van der Waals surface area contributed by atoms with E-state index < -0.39 is 0 Å². The molecule has 4 heteroatoms. The highest BCUT2D eigenvalue weighted by molar-refractivity contribution is 5.78. The van der Waals surface area contributed by atoms with Gasteiger partial charge in [0.1, 0.15) is 5.75 Å². The SMILES string of the molecule is COc1ccc(C(CNC(=O)Cc2ccccc2)N(C)C)cc1. The number of rotatable bonds is 7. The van der Waals surface area contributed by atoms with Gasteiger partial charge in [-0.2, -0.15) is 0 Å². The van der Waals surface area contributed by atoms with Crippen LogP contribution in [0.15, 0.2) is 54.6 Å². The molecule has 1 atom stereocenters. The van der Waals surface area contributed by atoms with Crippen molar-refractivity contribution in [2.24, 2.45) is 0 Å². The lowest BCUT2D eigenvalue weighted by Crippen LogP contribution is -2.35. The smallest absolute Gasteiger partial charge is 0.224 e. The zero-order chi connectivity index (χ0) is 16.7. The van der Waals surface area contributed by atoms with Crippen LogP contribution in [0.25, 0.3) is 0 Å². The van der Waals surface area contributed by atoms with Gasteiger partial charge in [-0.05, 0) is 37.4 Å². The molecule has 2 aromatic rings. The van der Waals surface area contributed by atoms with Crippen LogP contribution in [0, 0.1) is 0 Å². The van der Waals surface area contributed by atoms with Crippen molar-refractivity contribution in [1.29, 1.82) is 0 Å². The first-order chi connectivity index (χ1) is 11.1. The maximum absolute atomic E-state index is 12.1.